The van der Waals surface area contributed by atoms with Gasteiger partial charge in [-0.1, -0.05) is 0 Å². The van der Waals surface area contributed by atoms with Crippen LogP contribution in [-0.4, -0.2) is 49.4 Å². The van der Waals surface area contributed by atoms with Crippen molar-refractivity contribution < 1.29 is 18.3 Å². The van der Waals surface area contributed by atoms with Gasteiger partial charge in [0.15, 0.2) is 0 Å². The molecule has 8 heteroatoms. The molecule has 2 N–H and O–H groups in total. The van der Waals surface area contributed by atoms with E-state index in [4.69, 9.17) is 5.11 Å². The Morgan fingerprint density at radius 2 is 2.12 bits per heavy atom. The molecule has 0 amide bonds. The Bertz CT molecular complexity index is 495. The number of pyridine rings is 1. The second-order valence-electron chi connectivity index (χ2n) is 3.41. The lowest BCUT2D eigenvalue weighted by atomic mass is 10.4. The van der Waals surface area contributed by atoms with Gasteiger partial charge < -0.3 is 10.4 Å². The van der Waals surface area contributed by atoms with Gasteiger partial charge in [-0.15, -0.1) is 0 Å². The van der Waals surface area contributed by atoms with Crippen LogP contribution in [0.25, 0.3) is 0 Å². The lowest BCUT2D eigenvalue weighted by Gasteiger charge is -2.11. The van der Waals surface area contributed by atoms with Gasteiger partial charge in [0.1, 0.15) is 17.3 Å². The van der Waals surface area contributed by atoms with Crippen molar-refractivity contribution in [3.05, 3.63) is 18.3 Å². The van der Waals surface area contributed by atoms with Crippen molar-refractivity contribution in [2.45, 2.75) is 4.90 Å². The van der Waals surface area contributed by atoms with E-state index in [-0.39, 0.29) is 11.4 Å². The van der Waals surface area contributed by atoms with Crippen molar-refractivity contribution in [1.82, 2.24) is 9.29 Å². The summed E-state index contributed by atoms with van der Waals surface area (Å²) in [5.74, 6) is -0.707. The zero-order chi connectivity index (χ0) is 13.1. The van der Waals surface area contributed by atoms with E-state index in [0.29, 0.717) is 5.82 Å². The largest absolute Gasteiger partial charge is 0.480 e. The van der Waals surface area contributed by atoms with E-state index in [9.17, 15) is 13.2 Å². The smallest absolute Gasteiger partial charge is 0.322 e. The van der Waals surface area contributed by atoms with Crippen molar-refractivity contribution in [3.63, 3.8) is 0 Å². The fourth-order valence-electron chi connectivity index (χ4n) is 1.01. The van der Waals surface area contributed by atoms with Crippen molar-refractivity contribution in [2.75, 3.05) is 26.0 Å². The Labute approximate surface area is 99.1 Å². The number of aromatic nitrogens is 1. The number of carboxylic acids is 1. The van der Waals surface area contributed by atoms with Gasteiger partial charge in [0.25, 0.3) is 0 Å². The number of hydrogen-bond acceptors (Lipinski definition) is 5. The topological polar surface area (TPSA) is 99.6 Å². The van der Waals surface area contributed by atoms with Gasteiger partial charge in [-0.05, 0) is 12.1 Å². The minimum Gasteiger partial charge on any atom is -0.480 e. The molecule has 0 aliphatic heterocycles. The predicted octanol–water partition coefficient (Wildman–Crippen LogP) is -0.172. The third kappa shape index (κ3) is 3.40. The molecular formula is C9H13N3O4S. The maximum atomic E-state index is 11.7. The number of anilines is 1. The SMILES string of the molecule is CN(C)S(=O)(=O)c1ccc(NCC(=O)O)nc1. The third-order valence-corrected chi connectivity index (χ3v) is 3.73. The van der Waals surface area contributed by atoms with Crippen LogP contribution in [0.15, 0.2) is 23.2 Å². The molecule has 1 heterocycles. The van der Waals surface area contributed by atoms with Crippen LogP contribution in [0.5, 0.6) is 0 Å². The lowest BCUT2D eigenvalue weighted by molar-refractivity contribution is -0.134. The minimum absolute atomic E-state index is 0.0587. The van der Waals surface area contributed by atoms with Crippen molar-refractivity contribution in [2.24, 2.45) is 0 Å². The van der Waals surface area contributed by atoms with Gasteiger partial charge in [0, 0.05) is 20.3 Å². The fourth-order valence-corrected chi connectivity index (χ4v) is 1.86. The monoisotopic (exact) mass is 259 g/mol. The summed E-state index contributed by atoms with van der Waals surface area (Å²) in [4.78, 5) is 14.2. The molecule has 0 aliphatic carbocycles. The third-order valence-electron chi connectivity index (χ3n) is 1.94. The van der Waals surface area contributed by atoms with Gasteiger partial charge in [-0.3, -0.25) is 4.79 Å². The second-order valence-corrected chi connectivity index (χ2v) is 5.57. The number of carbonyl (C=O) groups is 1. The number of sulfonamides is 1. The molecule has 0 fully saturated rings. The number of carboxylic acid groups (broad SMARTS) is 1. The molecule has 1 aromatic rings. The summed E-state index contributed by atoms with van der Waals surface area (Å²) in [6.07, 6.45) is 1.18. The number of hydrogen-bond donors (Lipinski definition) is 2. The summed E-state index contributed by atoms with van der Waals surface area (Å²) in [5, 5.41) is 11.0. The van der Waals surface area contributed by atoms with Crippen molar-refractivity contribution in [3.8, 4) is 0 Å². The maximum absolute atomic E-state index is 11.7. The minimum atomic E-state index is -3.50. The fraction of sp³-hybridized carbons (Fsp3) is 0.333. The van der Waals surface area contributed by atoms with E-state index in [0.717, 1.165) is 4.31 Å². The van der Waals surface area contributed by atoms with Crippen LogP contribution in [0.3, 0.4) is 0 Å². The number of aliphatic carboxylic acids is 1. The normalized spacial score (nSPS) is 11.5. The zero-order valence-electron chi connectivity index (χ0n) is 9.41. The predicted molar refractivity (Wildman–Crippen MR) is 61.2 cm³/mol. The molecule has 0 radical (unpaired) electrons. The van der Waals surface area contributed by atoms with E-state index < -0.39 is 16.0 Å². The van der Waals surface area contributed by atoms with Gasteiger partial charge in [-0.25, -0.2) is 17.7 Å². The van der Waals surface area contributed by atoms with Gasteiger partial charge >= 0.3 is 5.97 Å². The Kier molecular flexibility index (Phi) is 4.02. The first kappa shape index (κ1) is 13.4. The highest BCUT2D eigenvalue weighted by Crippen LogP contribution is 2.13. The van der Waals surface area contributed by atoms with E-state index in [2.05, 4.69) is 10.3 Å². The Balaban J connectivity index is 2.85. The first-order chi connectivity index (χ1) is 7.84. The van der Waals surface area contributed by atoms with Crippen LogP contribution in [0, 0.1) is 0 Å². The highest BCUT2D eigenvalue weighted by atomic mass is 32.2. The quantitative estimate of drug-likeness (QED) is 0.761. The molecule has 1 rings (SSSR count). The summed E-state index contributed by atoms with van der Waals surface area (Å²) in [7, 11) is -0.653. The second kappa shape index (κ2) is 5.11. The molecule has 17 heavy (non-hydrogen) atoms. The van der Waals surface area contributed by atoms with Crippen molar-refractivity contribution >= 4 is 21.8 Å². The highest BCUT2D eigenvalue weighted by molar-refractivity contribution is 7.89. The van der Waals surface area contributed by atoms with Crippen LogP contribution in [0.4, 0.5) is 5.82 Å². The lowest BCUT2D eigenvalue weighted by Crippen LogP contribution is -2.22. The van der Waals surface area contributed by atoms with Gasteiger partial charge in [-0.2, -0.15) is 0 Å². The van der Waals surface area contributed by atoms with E-state index in [1.165, 1.54) is 32.4 Å². The molecule has 0 saturated carbocycles. The maximum Gasteiger partial charge on any atom is 0.322 e. The molecule has 0 aromatic carbocycles. The van der Waals surface area contributed by atoms with Crippen LogP contribution in [-0.2, 0) is 14.8 Å². The van der Waals surface area contributed by atoms with Crippen LogP contribution in [0.1, 0.15) is 0 Å². The molecule has 7 nitrogen and oxygen atoms in total. The molecule has 0 atom stereocenters. The summed E-state index contributed by atoms with van der Waals surface area (Å²) in [5.41, 5.74) is 0. The van der Waals surface area contributed by atoms with E-state index in [1.54, 1.807) is 0 Å². The first-order valence-electron chi connectivity index (χ1n) is 4.68. The molecule has 0 unspecified atom stereocenters. The average Bonchev–Trinajstić information content (AvgIpc) is 2.26. The van der Waals surface area contributed by atoms with Gasteiger partial charge in [0.2, 0.25) is 10.0 Å². The molecular weight excluding hydrogens is 246 g/mol. The van der Waals surface area contributed by atoms with Gasteiger partial charge in [0.05, 0.1) is 0 Å². The zero-order valence-corrected chi connectivity index (χ0v) is 10.2. The Hall–Kier alpha value is -1.67. The molecule has 0 saturated heterocycles. The number of nitrogens with zero attached hydrogens (tertiary/aromatic N) is 2. The average molecular weight is 259 g/mol. The highest BCUT2D eigenvalue weighted by Gasteiger charge is 2.17. The molecule has 1 aromatic heterocycles. The molecule has 0 aliphatic rings. The summed E-state index contributed by atoms with van der Waals surface area (Å²) in [6.45, 7) is -0.271. The summed E-state index contributed by atoms with van der Waals surface area (Å²) < 4.78 is 24.4. The first-order valence-corrected chi connectivity index (χ1v) is 6.12. The van der Waals surface area contributed by atoms with Crippen LogP contribution < -0.4 is 5.32 Å². The molecule has 94 valence electrons. The van der Waals surface area contributed by atoms with E-state index >= 15 is 0 Å². The standard InChI is InChI=1S/C9H13N3O4S/c1-12(2)17(15,16)7-3-4-8(10-5-7)11-6-9(13)14/h3-5H,6H2,1-2H3,(H,10,11)(H,13,14). The Morgan fingerprint density at radius 1 is 1.47 bits per heavy atom. The molecule has 0 bridgehead atoms. The molecule has 0 spiro atoms. The van der Waals surface area contributed by atoms with Crippen molar-refractivity contribution in [1.29, 1.82) is 0 Å². The van der Waals surface area contributed by atoms with Crippen LogP contribution in [0.2, 0.25) is 0 Å². The summed E-state index contributed by atoms with van der Waals surface area (Å²) in [6, 6.07) is 2.78. The Morgan fingerprint density at radius 3 is 2.53 bits per heavy atom. The number of nitrogens with one attached hydrogen (secondary N) is 1. The number of rotatable bonds is 5. The summed E-state index contributed by atoms with van der Waals surface area (Å²) >= 11 is 0. The van der Waals surface area contributed by atoms with Crippen LogP contribution >= 0.6 is 0 Å². The van der Waals surface area contributed by atoms with E-state index in [1.807, 2.05) is 0 Å².